The number of anilines is 2. The number of nitrogens with zero attached hydrogens (tertiary/aromatic N) is 1. The van der Waals surface area contributed by atoms with Crippen LogP contribution >= 0.6 is 23.2 Å². The predicted octanol–water partition coefficient (Wildman–Crippen LogP) is 3.74. The number of rotatable bonds is 1. The summed E-state index contributed by atoms with van der Waals surface area (Å²) in [5, 5.41) is 1.03. The van der Waals surface area contributed by atoms with Crippen molar-refractivity contribution in [3.8, 4) is 0 Å². The zero-order chi connectivity index (χ0) is 13.6. The Morgan fingerprint density at radius 1 is 1.16 bits per heavy atom. The van der Waals surface area contributed by atoms with Gasteiger partial charge in [0.25, 0.3) is 5.91 Å². The van der Waals surface area contributed by atoms with E-state index < -0.39 is 0 Å². The van der Waals surface area contributed by atoms with E-state index in [4.69, 9.17) is 28.9 Å². The first-order valence-corrected chi connectivity index (χ1v) is 6.48. The standard InChI is InChI=1S/C14H10Cl2N2O/c15-8-4-5-11(16)13(6-8)18-7-10-9(14(18)19)2-1-3-12(10)17/h1-6H,7,17H2. The largest absolute Gasteiger partial charge is 0.398 e. The van der Waals surface area contributed by atoms with Crippen LogP contribution < -0.4 is 10.6 Å². The van der Waals surface area contributed by atoms with E-state index >= 15 is 0 Å². The number of hydrogen-bond acceptors (Lipinski definition) is 2. The van der Waals surface area contributed by atoms with Crippen molar-refractivity contribution in [3.05, 3.63) is 57.6 Å². The first-order chi connectivity index (χ1) is 9.08. The van der Waals surface area contributed by atoms with Crippen LogP contribution in [0.4, 0.5) is 11.4 Å². The summed E-state index contributed by atoms with van der Waals surface area (Å²) in [5.41, 5.74) is 8.59. The molecule has 96 valence electrons. The van der Waals surface area contributed by atoms with Gasteiger partial charge in [-0.15, -0.1) is 0 Å². The summed E-state index contributed by atoms with van der Waals surface area (Å²) in [6.45, 7) is 0.418. The Labute approximate surface area is 120 Å². The summed E-state index contributed by atoms with van der Waals surface area (Å²) < 4.78 is 0. The summed E-state index contributed by atoms with van der Waals surface area (Å²) in [4.78, 5) is 14.0. The SMILES string of the molecule is Nc1cccc2c1CN(c1cc(Cl)ccc1Cl)C2=O. The number of halogens is 2. The van der Waals surface area contributed by atoms with Crippen LogP contribution in [0.15, 0.2) is 36.4 Å². The second-order valence-electron chi connectivity index (χ2n) is 4.36. The fourth-order valence-electron chi connectivity index (χ4n) is 2.24. The Bertz CT molecular complexity index is 685. The molecule has 3 rings (SSSR count). The highest BCUT2D eigenvalue weighted by atomic mass is 35.5. The van der Waals surface area contributed by atoms with Gasteiger partial charge in [-0.05, 0) is 30.3 Å². The molecule has 0 atom stereocenters. The minimum absolute atomic E-state index is 0.105. The lowest BCUT2D eigenvalue weighted by atomic mass is 10.1. The van der Waals surface area contributed by atoms with Crippen molar-refractivity contribution in [2.24, 2.45) is 0 Å². The van der Waals surface area contributed by atoms with Gasteiger partial charge in [0.15, 0.2) is 0 Å². The Morgan fingerprint density at radius 2 is 1.95 bits per heavy atom. The molecular formula is C14H10Cl2N2O. The lowest BCUT2D eigenvalue weighted by molar-refractivity contribution is 0.0996. The van der Waals surface area contributed by atoms with E-state index in [1.54, 1.807) is 41.3 Å². The van der Waals surface area contributed by atoms with Crippen LogP contribution in [0.1, 0.15) is 15.9 Å². The molecule has 2 N–H and O–H groups in total. The Morgan fingerprint density at radius 3 is 2.68 bits per heavy atom. The normalized spacial score (nSPS) is 13.8. The Balaban J connectivity index is 2.09. The molecule has 2 aromatic carbocycles. The van der Waals surface area contributed by atoms with Gasteiger partial charge >= 0.3 is 0 Å². The number of amides is 1. The van der Waals surface area contributed by atoms with E-state index in [2.05, 4.69) is 0 Å². The topological polar surface area (TPSA) is 46.3 Å². The highest BCUT2D eigenvalue weighted by Gasteiger charge is 2.30. The molecule has 3 nitrogen and oxygen atoms in total. The Kier molecular flexibility index (Phi) is 2.88. The van der Waals surface area contributed by atoms with Crippen LogP contribution in [0.25, 0.3) is 0 Å². The lowest BCUT2D eigenvalue weighted by Crippen LogP contribution is -2.23. The van der Waals surface area contributed by atoms with Crippen molar-refractivity contribution in [2.75, 3.05) is 10.6 Å². The van der Waals surface area contributed by atoms with Crippen molar-refractivity contribution in [1.29, 1.82) is 0 Å². The van der Waals surface area contributed by atoms with Crippen LogP contribution in [0.2, 0.25) is 10.0 Å². The third-order valence-electron chi connectivity index (χ3n) is 3.20. The van der Waals surface area contributed by atoms with E-state index in [9.17, 15) is 4.79 Å². The van der Waals surface area contributed by atoms with Crippen LogP contribution in [0.5, 0.6) is 0 Å². The monoisotopic (exact) mass is 292 g/mol. The fourth-order valence-corrected chi connectivity index (χ4v) is 2.63. The van der Waals surface area contributed by atoms with E-state index in [1.807, 2.05) is 0 Å². The molecule has 1 amide bonds. The van der Waals surface area contributed by atoms with Crippen LogP contribution in [-0.2, 0) is 6.54 Å². The molecule has 2 aromatic rings. The highest BCUT2D eigenvalue weighted by molar-refractivity contribution is 6.36. The molecule has 0 aromatic heterocycles. The lowest BCUT2D eigenvalue weighted by Gasteiger charge is -2.17. The quantitative estimate of drug-likeness (QED) is 0.814. The molecule has 0 unspecified atom stereocenters. The molecule has 0 spiro atoms. The number of benzene rings is 2. The molecule has 1 aliphatic heterocycles. The molecule has 5 heteroatoms. The number of fused-ring (bicyclic) bond motifs is 1. The molecule has 0 aliphatic carbocycles. The zero-order valence-corrected chi connectivity index (χ0v) is 11.4. The second-order valence-corrected chi connectivity index (χ2v) is 5.20. The molecule has 19 heavy (non-hydrogen) atoms. The molecule has 0 saturated heterocycles. The van der Waals surface area contributed by atoms with Gasteiger partial charge in [-0.25, -0.2) is 0 Å². The van der Waals surface area contributed by atoms with Gasteiger partial charge in [-0.2, -0.15) is 0 Å². The van der Waals surface area contributed by atoms with E-state index in [0.717, 1.165) is 5.56 Å². The number of hydrogen-bond donors (Lipinski definition) is 1. The van der Waals surface area contributed by atoms with Gasteiger partial charge in [0.2, 0.25) is 0 Å². The van der Waals surface area contributed by atoms with Crippen molar-refractivity contribution >= 4 is 40.5 Å². The van der Waals surface area contributed by atoms with Gasteiger partial charge in [-0.1, -0.05) is 29.3 Å². The van der Waals surface area contributed by atoms with Crippen molar-refractivity contribution in [1.82, 2.24) is 0 Å². The molecule has 0 bridgehead atoms. The van der Waals surface area contributed by atoms with Gasteiger partial charge in [-0.3, -0.25) is 4.79 Å². The minimum atomic E-state index is -0.105. The first kappa shape index (κ1) is 12.3. The smallest absolute Gasteiger partial charge is 0.259 e. The van der Waals surface area contributed by atoms with Crippen LogP contribution in [-0.4, -0.2) is 5.91 Å². The van der Waals surface area contributed by atoms with Crippen LogP contribution in [0, 0.1) is 0 Å². The summed E-state index contributed by atoms with van der Waals surface area (Å²) >= 11 is 12.1. The average molecular weight is 293 g/mol. The van der Waals surface area contributed by atoms with E-state index in [-0.39, 0.29) is 5.91 Å². The third kappa shape index (κ3) is 1.95. The van der Waals surface area contributed by atoms with E-state index in [1.165, 1.54) is 0 Å². The first-order valence-electron chi connectivity index (χ1n) is 5.72. The number of carbonyl (C=O) groups excluding carboxylic acids is 1. The molecular weight excluding hydrogens is 283 g/mol. The molecule has 1 heterocycles. The molecule has 0 fully saturated rings. The summed E-state index contributed by atoms with van der Waals surface area (Å²) in [6, 6.07) is 10.4. The molecule has 0 saturated carbocycles. The van der Waals surface area contributed by atoms with Crippen LogP contribution in [0.3, 0.4) is 0 Å². The van der Waals surface area contributed by atoms with Crippen molar-refractivity contribution < 1.29 is 4.79 Å². The van der Waals surface area contributed by atoms with Crippen molar-refractivity contribution in [2.45, 2.75) is 6.54 Å². The summed E-state index contributed by atoms with van der Waals surface area (Å²) in [6.07, 6.45) is 0. The maximum atomic E-state index is 12.4. The highest BCUT2D eigenvalue weighted by Crippen LogP contribution is 2.36. The predicted molar refractivity (Wildman–Crippen MR) is 77.8 cm³/mol. The third-order valence-corrected chi connectivity index (χ3v) is 3.76. The number of nitrogen functional groups attached to an aromatic ring is 1. The van der Waals surface area contributed by atoms with Gasteiger partial charge in [0.1, 0.15) is 0 Å². The summed E-state index contributed by atoms with van der Waals surface area (Å²) in [7, 11) is 0. The van der Waals surface area contributed by atoms with Gasteiger partial charge in [0.05, 0.1) is 17.3 Å². The maximum Gasteiger partial charge on any atom is 0.259 e. The van der Waals surface area contributed by atoms with Gasteiger partial charge < -0.3 is 10.6 Å². The second kappa shape index (κ2) is 4.44. The maximum absolute atomic E-state index is 12.4. The summed E-state index contributed by atoms with van der Waals surface area (Å²) in [5.74, 6) is -0.105. The number of nitrogens with two attached hydrogens (primary N) is 1. The van der Waals surface area contributed by atoms with E-state index in [0.29, 0.717) is 33.5 Å². The number of carbonyl (C=O) groups is 1. The average Bonchev–Trinajstić information content (AvgIpc) is 2.72. The van der Waals surface area contributed by atoms with Crippen molar-refractivity contribution in [3.63, 3.8) is 0 Å². The molecule has 1 aliphatic rings. The van der Waals surface area contributed by atoms with Gasteiger partial charge in [0, 0.05) is 21.8 Å². The zero-order valence-electron chi connectivity index (χ0n) is 9.86. The Hall–Kier alpha value is -1.71. The molecule has 0 radical (unpaired) electrons. The fraction of sp³-hybridized carbons (Fsp3) is 0.0714. The minimum Gasteiger partial charge on any atom is -0.398 e.